The Labute approximate surface area is 103 Å². The predicted octanol–water partition coefficient (Wildman–Crippen LogP) is 3.37. The molecule has 0 fully saturated rings. The zero-order chi connectivity index (χ0) is 12.0. The molecule has 1 aromatic carbocycles. The number of carbonyl (C=O) groups excluding carboxylic acids is 2. The smallest absolute Gasteiger partial charge is 0.206 e. The number of Topliss-reactive ketones (excluding diaryl/α,β-unsaturated/α-hetero) is 2. The molecule has 1 aromatic rings. The molecular formula is C12H8Cl2O2. The minimum absolute atomic E-state index is 0.192. The fourth-order valence-corrected chi connectivity index (χ4v) is 2.00. The molecule has 16 heavy (non-hydrogen) atoms. The van der Waals surface area contributed by atoms with Crippen molar-refractivity contribution in [1.82, 2.24) is 0 Å². The van der Waals surface area contributed by atoms with E-state index in [4.69, 9.17) is 23.2 Å². The zero-order valence-corrected chi connectivity index (χ0v) is 10.2. The minimum atomic E-state index is -0.385. The van der Waals surface area contributed by atoms with Crippen molar-refractivity contribution in [1.29, 1.82) is 0 Å². The highest BCUT2D eigenvalue weighted by atomic mass is 35.5. The van der Waals surface area contributed by atoms with Gasteiger partial charge in [-0.3, -0.25) is 9.59 Å². The Balaban J connectivity index is 2.76. The highest BCUT2D eigenvalue weighted by Gasteiger charge is 2.30. The van der Waals surface area contributed by atoms with Gasteiger partial charge in [0.1, 0.15) is 10.1 Å². The number of aryl methyl sites for hydroxylation is 2. The van der Waals surface area contributed by atoms with Gasteiger partial charge in [-0.1, -0.05) is 23.2 Å². The second-order valence-corrected chi connectivity index (χ2v) is 4.52. The molecule has 0 atom stereocenters. The topological polar surface area (TPSA) is 34.1 Å². The molecule has 2 nitrogen and oxygen atoms in total. The number of ketones is 2. The number of carbonyl (C=O) groups is 2. The van der Waals surface area contributed by atoms with Gasteiger partial charge in [-0.05, 0) is 37.1 Å². The normalized spacial score (nSPS) is 15.5. The van der Waals surface area contributed by atoms with Gasteiger partial charge in [-0.25, -0.2) is 0 Å². The number of halogens is 2. The van der Waals surface area contributed by atoms with E-state index in [1.54, 1.807) is 12.1 Å². The van der Waals surface area contributed by atoms with Crippen molar-refractivity contribution in [3.05, 3.63) is 44.5 Å². The maximum Gasteiger partial charge on any atom is 0.206 e. The van der Waals surface area contributed by atoms with E-state index in [9.17, 15) is 9.59 Å². The fourth-order valence-electron chi connectivity index (χ4n) is 1.63. The summed E-state index contributed by atoms with van der Waals surface area (Å²) in [6, 6.07) is 3.35. The zero-order valence-electron chi connectivity index (χ0n) is 8.73. The van der Waals surface area contributed by atoms with Gasteiger partial charge in [0.25, 0.3) is 0 Å². The van der Waals surface area contributed by atoms with Crippen LogP contribution in [0.1, 0.15) is 31.8 Å². The first kappa shape index (κ1) is 11.4. The van der Waals surface area contributed by atoms with Crippen LogP contribution in [0.3, 0.4) is 0 Å². The Morgan fingerprint density at radius 1 is 0.812 bits per heavy atom. The lowest BCUT2D eigenvalue weighted by Crippen LogP contribution is -2.18. The van der Waals surface area contributed by atoms with E-state index in [2.05, 4.69) is 0 Å². The number of hydrogen-bond acceptors (Lipinski definition) is 2. The number of allylic oxidation sites excluding steroid dienone is 2. The minimum Gasteiger partial charge on any atom is -0.288 e. The fraction of sp³-hybridized carbons (Fsp3) is 0.167. The Morgan fingerprint density at radius 2 is 1.12 bits per heavy atom. The summed E-state index contributed by atoms with van der Waals surface area (Å²) >= 11 is 11.4. The average Bonchev–Trinajstić information content (AvgIpc) is 2.26. The van der Waals surface area contributed by atoms with Crippen LogP contribution in [0.2, 0.25) is 0 Å². The van der Waals surface area contributed by atoms with Crippen molar-refractivity contribution >= 4 is 34.8 Å². The molecule has 0 amide bonds. The summed E-state index contributed by atoms with van der Waals surface area (Å²) in [4.78, 5) is 23.6. The van der Waals surface area contributed by atoms with E-state index in [0.717, 1.165) is 11.1 Å². The molecule has 0 saturated carbocycles. The molecule has 0 saturated heterocycles. The third-order valence-corrected chi connectivity index (χ3v) is 3.53. The maximum atomic E-state index is 11.8. The molecule has 0 bridgehead atoms. The Kier molecular flexibility index (Phi) is 2.64. The van der Waals surface area contributed by atoms with Crippen LogP contribution < -0.4 is 0 Å². The molecule has 0 heterocycles. The summed E-state index contributed by atoms with van der Waals surface area (Å²) in [6.45, 7) is 3.75. The summed E-state index contributed by atoms with van der Waals surface area (Å²) in [6.07, 6.45) is 0. The average molecular weight is 255 g/mol. The van der Waals surface area contributed by atoms with Gasteiger partial charge < -0.3 is 0 Å². The van der Waals surface area contributed by atoms with Gasteiger partial charge in [0, 0.05) is 11.1 Å². The number of fused-ring (bicyclic) bond motifs is 1. The Bertz CT molecular complexity index is 507. The van der Waals surface area contributed by atoms with Crippen molar-refractivity contribution in [2.45, 2.75) is 13.8 Å². The van der Waals surface area contributed by atoms with Crippen molar-refractivity contribution in [2.24, 2.45) is 0 Å². The largest absolute Gasteiger partial charge is 0.288 e. The molecular weight excluding hydrogens is 247 g/mol. The summed E-state index contributed by atoms with van der Waals surface area (Å²) in [5.74, 6) is -0.770. The molecule has 0 aromatic heterocycles. The van der Waals surface area contributed by atoms with Crippen LogP contribution >= 0.6 is 23.2 Å². The number of hydrogen-bond donors (Lipinski definition) is 0. The predicted molar refractivity (Wildman–Crippen MR) is 63.3 cm³/mol. The summed E-state index contributed by atoms with van der Waals surface area (Å²) in [5.41, 5.74) is 2.56. The van der Waals surface area contributed by atoms with Crippen LogP contribution in [0.25, 0.3) is 0 Å². The highest BCUT2D eigenvalue weighted by Crippen LogP contribution is 2.31. The van der Waals surface area contributed by atoms with Gasteiger partial charge in [0.2, 0.25) is 11.6 Å². The molecule has 2 rings (SSSR count). The quantitative estimate of drug-likeness (QED) is 0.712. The first-order valence-corrected chi connectivity index (χ1v) is 5.45. The molecule has 0 aliphatic heterocycles. The first-order valence-electron chi connectivity index (χ1n) is 4.69. The highest BCUT2D eigenvalue weighted by molar-refractivity contribution is 6.59. The third-order valence-electron chi connectivity index (χ3n) is 2.71. The van der Waals surface area contributed by atoms with Crippen LogP contribution in [0.15, 0.2) is 22.2 Å². The number of benzene rings is 1. The van der Waals surface area contributed by atoms with E-state index in [1.807, 2.05) is 13.8 Å². The van der Waals surface area contributed by atoms with Crippen LogP contribution in [0.4, 0.5) is 0 Å². The number of rotatable bonds is 0. The molecule has 1 aliphatic carbocycles. The second kappa shape index (κ2) is 3.72. The Morgan fingerprint density at radius 3 is 1.44 bits per heavy atom. The lowest BCUT2D eigenvalue weighted by Gasteiger charge is -2.15. The van der Waals surface area contributed by atoms with Gasteiger partial charge in [-0.2, -0.15) is 0 Å². The van der Waals surface area contributed by atoms with Gasteiger partial charge in [0.05, 0.1) is 0 Å². The lowest BCUT2D eigenvalue weighted by atomic mass is 9.90. The van der Waals surface area contributed by atoms with E-state index in [-0.39, 0.29) is 21.6 Å². The molecule has 0 radical (unpaired) electrons. The molecule has 0 unspecified atom stereocenters. The van der Waals surface area contributed by atoms with Gasteiger partial charge in [0.15, 0.2) is 0 Å². The monoisotopic (exact) mass is 254 g/mol. The standard InChI is InChI=1S/C12H8Cl2O2/c1-5-3-7-8(4-6(5)2)12(16)10(14)9(13)11(7)15/h3-4H,1-2H3. The van der Waals surface area contributed by atoms with Crippen molar-refractivity contribution in [2.75, 3.05) is 0 Å². The third kappa shape index (κ3) is 1.49. The van der Waals surface area contributed by atoms with Crippen LogP contribution in [0.5, 0.6) is 0 Å². The molecule has 0 spiro atoms. The molecule has 4 heteroatoms. The molecule has 82 valence electrons. The van der Waals surface area contributed by atoms with Gasteiger partial charge >= 0.3 is 0 Å². The molecule has 1 aliphatic rings. The van der Waals surface area contributed by atoms with E-state index in [0.29, 0.717) is 11.1 Å². The van der Waals surface area contributed by atoms with E-state index >= 15 is 0 Å². The summed E-state index contributed by atoms with van der Waals surface area (Å²) in [7, 11) is 0. The second-order valence-electron chi connectivity index (χ2n) is 3.77. The van der Waals surface area contributed by atoms with Crippen LogP contribution in [-0.4, -0.2) is 11.6 Å². The summed E-state index contributed by atoms with van der Waals surface area (Å²) < 4.78 is 0. The summed E-state index contributed by atoms with van der Waals surface area (Å²) in [5, 5.41) is -0.384. The Hall–Kier alpha value is -1.12. The first-order chi connectivity index (χ1) is 7.43. The lowest BCUT2D eigenvalue weighted by molar-refractivity contribution is 0.0987. The van der Waals surface area contributed by atoms with Crippen molar-refractivity contribution < 1.29 is 9.59 Å². The molecule has 0 N–H and O–H groups in total. The van der Waals surface area contributed by atoms with E-state index < -0.39 is 0 Å². The van der Waals surface area contributed by atoms with Gasteiger partial charge in [-0.15, -0.1) is 0 Å². The van der Waals surface area contributed by atoms with E-state index in [1.165, 1.54) is 0 Å². The van der Waals surface area contributed by atoms with Crippen molar-refractivity contribution in [3.8, 4) is 0 Å². The van der Waals surface area contributed by atoms with Crippen LogP contribution in [0, 0.1) is 13.8 Å². The maximum absolute atomic E-state index is 11.8. The van der Waals surface area contributed by atoms with Crippen molar-refractivity contribution in [3.63, 3.8) is 0 Å². The SMILES string of the molecule is Cc1cc2c(cc1C)C(=O)C(Cl)=C(Cl)C2=O. The van der Waals surface area contributed by atoms with Crippen LogP contribution in [-0.2, 0) is 0 Å².